The van der Waals surface area contributed by atoms with Gasteiger partial charge in [0.2, 0.25) is 0 Å². The van der Waals surface area contributed by atoms with Crippen molar-refractivity contribution >= 4 is 27.2 Å². The van der Waals surface area contributed by atoms with Crippen molar-refractivity contribution in [1.29, 1.82) is 0 Å². The molecule has 5 nitrogen and oxygen atoms in total. The molecular weight excluding hydrogens is 368 g/mol. The number of halogens is 3. The molecule has 0 aliphatic carbocycles. The van der Waals surface area contributed by atoms with Crippen molar-refractivity contribution in [3.8, 4) is 0 Å². The highest BCUT2D eigenvalue weighted by Gasteiger charge is 2.24. The molecular formula is C15H14BrF2N5. The van der Waals surface area contributed by atoms with E-state index in [0.29, 0.717) is 21.7 Å². The Hall–Kier alpha value is -2.22. The first kappa shape index (κ1) is 15.7. The Kier molecular flexibility index (Phi) is 4.16. The lowest BCUT2D eigenvalue weighted by Gasteiger charge is -2.24. The number of benzene rings is 1. The Morgan fingerprint density at radius 1 is 1.35 bits per heavy atom. The van der Waals surface area contributed by atoms with E-state index in [2.05, 4.69) is 36.4 Å². The molecule has 0 radical (unpaired) electrons. The SMILES string of the molecule is Cc1nc(C2=CN(C)CC(F)=C2Nc2ccc(Br)cc2F)n[nH]1. The van der Waals surface area contributed by atoms with Gasteiger partial charge in [-0.2, -0.15) is 5.10 Å². The highest BCUT2D eigenvalue weighted by atomic mass is 79.9. The topological polar surface area (TPSA) is 56.8 Å². The van der Waals surface area contributed by atoms with Gasteiger partial charge in [0, 0.05) is 17.7 Å². The molecule has 2 heterocycles. The fourth-order valence-corrected chi connectivity index (χ4v) is 2.60. The first-order chi connectivity index (χ1) is 10.9. The third kappa shape index (κ3) is 3.26. The molecule has 0 fully saturated rings. The van der Waals surface area contributed by atoms with E-state index in [0.717, 1.165) is 0 Å². The van der Waals surface area contributed by atoms with Crippen LogP contribution in [0.15, 0.2) is 40.4 Å². The molecule has 0 saturated carbocycles. The summed E-state index contributed by atoms with van der Waals surface area (Å²) in [5, 5.41) is 9.61. The van der Waals surface area contributed by atoms with Crippen molar-refractivity contribution in [3.63, 3.8) is 0 Å². The molecule has 0 atom stereocenters. The van der Waals surface area contributed by atoms with Crippen molar-refractivity contribution < 1.29 is 8.78 Å². The highest BCUT2D eigenvalue weighted by Crippen LogP contribution is 2.31. The van der Waals surface area contributed by atoms with Crippen LogP contribution in [0.2, 0.25) is 0 Å². The van der Waals surface area contributed by atoms with Crippen LogP contribution in [0, 0.1) is 12.7 Å². The first-order valence-corrected chi connectivity index (χ1v) is 7.66. The zero-order valence-corrected chi connectivity index (χ0v) is 14.1. The first-order valence-electron chi connectivity index (χ1n) is 6.86. The Balaban J connectivity index is 2.00. The van der Waals surface area contributed by atoms with E-state index in [1.165, 1.54) is 6.07 Å². The third-order valence-corrected chi connectivity index (χ3v) is 3.80. The lowest BCUT2D eigenvalue weighted by Crippen LogP contribution is -2.23. The number of H-pyrrole nitrogens is 1. The zero-order chi connectivity index (χ0) is 16.6. The van der Waals surface area contributed by atoms with Crippen LogP contribution >= 0.6 is 15.9 Å². The summed E-state index contributed by atoms with van der Waals surface area (Å²) in [5.41, 5.74) is 0.812. The van der Waals surface area contributed by atoms with Gasteiger partial charge in [-0.25, -0.2) is 13.8 Å². The lowest BCUT2D eigenvalue weighted by atomic mass is 10.1. The van der Waals surface area contributed by atoms with Gasteiger partial charge in [-0.15, -0.1) is 0 Å². The van der Waals surface area contributed by atoms with Crippen LogP contribution in [0.4, 0.5) is 14.5 Å². The second kappa shape index (κ2) is 6.11. The fourth-order valence-electron chi connectivity index (χ4n) is 2.27. The number of likely N-dealkylation sites (N-methyl/N-ethyl adjacent to an activating group) is 1. The number of hydrogen-bond acceptors (Lipinski definition) is 4. The van der Waals surface area contributed by atoms with E-state index in [9.17, 15) is 8.78 Å². The van der Waals surface area contributed by atoms with Gasteiger partial charge in [-0.3, -0.25) is 5.10 Å². The van der Waals surface area contributed by atoms with Crippen LogP contribution in [0.25, 0.3) is 5.57 Å². The maximum absolute atomic E-state index is 14.5. The summed E-state index contributed by atoms with van der Waals surface area (Å²) >= 11 is 3.20. The Morgan fingerprint density at radius 2 is 2.13 bits per heavy atom. The van der Waals surface area contributed by atoms with Crippen molar-refractivity contribution in [3.05, 3.63) is 57.9 Å². The largest absolute Gasteiger partial charge is 0.373 e. The molecule has 8 heteroatoms. The zero-order valence-electron chi connectivity index (χ0n) is 12.5. The second-order valence-corrected chi connectivity index (χ2v) is 6.15. The molecule has 2 aromatic rings. The number of nitrogens with zero attached hydrogens (tertiary/aromatic N) is 3. The monoisotopic (exact) mass is 381 g/mol. The summed E-state index contributed by atoms with van der Waals surface area (Å²) in [6.07, 6.45) is 1.73. The van der Waals surface area contributed by atoms with Gasteiger partial charge in [0.1, 0.15) is 17.5 Å². The maximum atomic E-state index is 14.5. The Morgan fingerprint density at radius 3 is 2.78 bits per heavy atom. The molecule has 0 bridgehead atoms. The second-order valence-electron chi connectivity index (χ2n) is 5.23. The van der Waals surface area contributed by atoms with Crippen LogP contribution in [-0.2, 0) is 0 Å². The quantitative estimate of drug-likeness (QED) is 0.852. The molecule has 1 aliphatic rings. The summed E-state index contributed by atoms with van der Waals surface area (Å²) in [6.45, 7) is 1.85. The summed E-state index contributed by atoms with van der Waals surface area (Å²) in [7, 11) is 1.75. The van der Waals surface area contributed by atoms with Gasteiger partial charge in [0.25, 0.3) is 0 Å². The lowest BCUT2D eigenvalue weighted by molar-refractivity contribution is 0.428. The van der Waals surface area contributed by atoms with Crippen LogP contribution < -0.4 is 5.32 Å². The number of allylic oxidation sites excluding steroid dienone is 1. The summed E-state index contributed by atoms with van der Waals surface area (Å²) in [5.74, 6) is 0.0758. The van der Waals surface area contributed by atoms with Crippen molar-refractivity contribution in [2.45, 2.75) is 6.92 Å². The molecule has 0 amide bonds. The molecule has 1 aromatic carbocycles. The minimum Gasteiger partial charge on any atom is -0.373 e. The smallest absolute Gasteiger partial charge is 0.184 e. The van der Waals surface area contributed by atoms with Crippen LogP contribution in [0.3, 0.4) is 0 Å². The molecule has 0 saturated heterocycles. The normalized spacial score (nSPS) is 15.0. The van der Waals surface area contributed by atoms with Gasteiger partial charge >= 0.3 is 0 Å². The Labute approximate surface area is 140 Å². The number of rotatable bonds is 3. The summed E-state index contributed by atoms with van der Waals surface area (Å²) < 4.78 is 29.1. The molecule has 23 heavy (non-hydrogen) atoms. The van der Waals surface area contributed by atoms with Crippen LogP contribution in [0.1, 0.15) is 11.6 Å². The van der Waals surface area contributed by atoms with Gasteiger partial charge < -0.3 is 10.2 Å². The van der Waals surface area contributed by atoms with E-state index < -0.39 is 11.6 Å². The molecule has 0 spiro atoms. The number of hydrogen-bond donors (Lipinski definition) is 2. The maximum Gasteiger partial charge on any atom is 0.184 e. The van der Waals surface area contributed by atoms with Crippen LogP contribution in [-0.4, -0.2) is 33.7 Å². The summed E-state index contributed by atoms with van der Waals surface area (Å²) in [6, 6.07) is 4.54. The number of nitrogens with one attached hydrogen (secondary N) is 2. The molecule has 120 valence electrons. The van der Waals surface area contributed by atoms with E-state index in [-0.39, 0.29) is 17.9 Å². The predicted octanol–water partition coefficient (Wildman–Crippen LogP) is 3.59. The van der Waals surface area contributed by atoms with E-state index >= 15 is 0 Å². The predicted molar refractivity (Wildman–Crippen MR) is 87.6 cm³/mol. The number of anilines is 1. The third-order valence-electron chi connectivity index (χ3n) is 3.31. The number of aryl methyl sites for hydroxylation is 1. The van der Waals surface area contributed by atoms with E-state index in [1.807, 2.05) is 0 Å². The Bertz CT molecular complexity index is 812. The minimum absolute atomic E-state index is 0.0907. The van der Waals surface area contributed by atoms with Crippen molar-refractivity contribution in [2.75, 3.05) is 18.9 Å². The highest BCUT2D eigenvalue weighted by molar-refractivity contribution is 9.10. The van der Waals surface area contributed by atoms with Gasteiger partial charge in [-0.05, 0) is 25.1 Å². The molecule has 1 aromatic heterocycles. The minimum atomic E-state index is -0.482. The average Bonchev–Trinajstić information content (AvgIpc) is 2.90. The standard InChI is InChI=1S/C15H14BrF2N5/c1-8-19-15(22-21-8)10-6-23(2)7-12(18)14(10)20-13-4-3-9(16)5-11(13)17/h3-6,20H,7H2,1-2H3,(H,19,21,22). The van der Waals surface area contributed by atoms with Gasteiger partial charge in [0.15, 0.2) is 5.82 Å². The average molecular weight is 382 g/mol. The van der Waals surface area contributed by atoms with Crippen LogP contribution in [0.5, 0.6) is 0 Å². The summed E-state index contributed by atoms with van der Waals surface area (Å²) in [4.78, 5) is 5.91. The number of aromatic amines is 1. The molecule has 1 aliphatic heterocycles. The number of aromatic nitrogens is 3. The van der Waals surface area contributed by atoms with E-state index in [1.54, 1.807) is 37.2 Å². The fraction of sp³-hybridized carbons (Fsp3) is 0.200. The van der Waals surface area contributed by atoms with Crippen molar-refractivity contribution in [2.24, 2.45) is 0 Å². The molecule has 2 N–H and O–H groups in total. The van der Waals surface area contributed by atoms with E-state index in [4.69, 9.17) is 0 Å². The van der Waals surface area contributed by atoms with Crippen molar-refractivity contribution in [1.82, 2.24) is 20.1 Å². The van der Waals surface area contributed by atoms with Gasteiger partial charge in [0.05, 0.1) is 23.5 Å². The van der Waals surface area contributed by atoms with Gasteiger partial charge in [-0.1, -0.05) is 15.9 Å². The molecule has 3 rings (SSSR count). The molecule has 0 unspecified atom stereocenters.